The fraction of sp³-hybridized carbons (Fsp3) is 0.333. The van der Waals surface area contributed by atoms with Crippen LogP contribution in [-0.4, -0.2) is 19.7 Å². The summed E-state index contributed by atoms with van der Waals surface area (Å²) in [6.07, 6.45) is 0.934. The van der Waals surface area contributed by atoms with Crippen LogP contribution < -0.4 is 5.32 Å². The van der Waals surface area contributed by atoms with Gasteiger partial charge >= 0.3 is 0 Å². The lowest BCUT2D eigenvalue weighted by Crippen LogP contribution is -2.32. The minimum absolute atomic E-state index is 0.300. The van der Waals surface area contributed by atoms with E-state index in [1.54, 1.807) is 0 Å². The molecule has 1 atom stereocenters. The molecule has 0 aliphatic rings. The van der Waals surface area contributed by atoms with E-state index in [9.17, 15) is 0 Å². The molecule has 0 fully saturated rings. The highest BCUT2D eigenvalue weighted by Gasteiger charge is 2.08. The molecule has 0 spiro atoms. The molecular formula is C18H22ClNO. The number of benzene rings is 2. The smallest absolute Gasteiger partial charge is 0.0717 e. The van der Waals surface area contributed by atoms with Gasteiger partial charge in [0, 0.05) is 11.1 Å². The molecule has 0 aliphatic heterocycles. The topological polar surface area (TPSA) is 21.3 Å². The maximum atomic E-state index is 6.06. The normalized spacial score (nSPS) is 12.3. The highest BCUT2D eigenvalue weighted by atomic mass is 35.5. The third-order valence-corrected chi connectivity index (χ3v) is 3.97. The van der Waals surface area contributed by atoms with Crippen LogP contribution in [0.25, 0.3) is 0 Å². The number of hydrogen-bond acceptors (Lipinski definition) is 2. The first-order chi connectivity index (χ1) is 10.2. The molecule has 1 unspecified atom stereocenters. The predicted molar refractivity (Wildman–Crippen MR) is 88.8 cm³/mol. The molecule has 0 aromatic heterocycles. The van der Waals surface area contributed by atoms with Crippen LogP contribution in [0.1, 0.15) is 16.7 Å². The summed E-state index contributed by atoms with van der Waals surface area (Å²) in [7, 11) is 1.97. The van der Waals surface area contributed by atoms with Crippen molar-refractivity contribution in [3.63, 3.8) is 0 Å². The van der Waals surface area contributed by atoms with Crippen LogP contribution in [0.4, 0.5) is 0 Å². The number of rotatable bonds is 7. The van der Waals surface area contributed by atoms with Gasteiger partial charge in [-0.25, -0.2) is 0 Å². The quantitative estimate of drug-likeness (QED) is 0.835. The molecule has 21 heavy (non-hydrogen) atoms. The van der Waals surface area contributed by atoms with Crippen molar-refractivity contribution in [3.8, 4) is 0 Å². The van der Waals surface area contributed by atoms with Crippen molar-refractivity contribution in [3.05, 3.63) is 70.2 Å². The van der Waals surface area contributed by atoms with E-state index in [1.807, 2.05) is 38.2 Å². The Hall–Kier alpha value is -1.35. The molecule has 0 aliphatic carbocycles. The first-order valence-electron chi connectivity index (χ1n) is 7.23. The summed E-state index contributed by atoms with van der Waals surface area (Å²) in [5.74, 6) is 0. The lowest BCUT2D eigenvalue weighted by atomic mass is 10.0. The Balaban J connectivity index is 1.84. The van der Waals surface area contributed by atoms with Crippen molar-refractivity contribution in [1.82, 2.24) is 5.32 Å². The maximum absolute atomic E-state index is 6.06. The third-order valence-electron chi connectivity index (χ3n) is 3.54. The summed E-state index contributed by atoms with van der Waals surface area (Å²) in [4.78, 5) is 0. The highest BCUT2D eigenvalue weighted by Crippen LogP contribution is 2.17. The highest BCUT2D eigenvalue weighted by molar-refractivity contribution is 6.31. The van der Waals surface area contributed by atoms with E-state index in [2.05, 4.69) is 29.6 Å². The zero-order chi connectivity index (χ0) is 15.1. The van der Waals surface area contributed by atoms with Gasteiger partial charge in [-0.1, -0.05) is 54.1 Å². The lowest BCUT2D eigenvalue weighted by molar-refractivity contribution is 0.101. The molecule has 3 heteroatoms. The number of nitrogens with one attached hydrogen (secondary N) is 1. The van der Waals surface area contributed by atoms with Crippen LogP contribution in [0.15, 0.2) is 48.5 Å². The van der Waals surface area contributed by atoms with Crippen LogP contribution in [0.5, 0.6) is 0 Å². The van der Waals surface area contributed by atoms with E-state index >= 15 is 0 Å². The zero-order valence-corrected chi connectivity index (χ0v) is 13.4. The second kappa shape index (κ2) is 8.18. The van der Waals surface area contributed by atoms with Crippen molar-refractivity contribution >= 4 is 11.6 Å². The number of likely N-dealkylation sites (N-methyl/N-ethyl adjacent to an activating group) is 1. The summed E-state index contributed by atoms with van der Waals surface area (Å²) in [5, 5.41) is 4.13. The van der Waals surface area contributed by atoms with E-state index in [4.69, 9.17) is 16.3 Å². The van der Waals surface area contributed by atoms with E-state index in [-0.39, 0.29) is 0 Å². The monoisotopic (exact) mass is 303 g/mol. The molecule has 0 bridgehead atoms. The van der Waals surface area contributed by atoms with Gasteiger partial charge in [-0.15, -0.1) is 0 Å². The number of aryl methyl sites for hydroxylation is 1. The van der Waals surface area contributed by atoms with Crippen LogP contribution in [-0.2, 0) is 17.8 Å². The third kappa shape index (κ3) is 5.16. The van der Waals surface area contributed by atoms with Crippen molar-refractivity contribution in [2.45, 2.75) is 26.0 Å². The molecule has 0 saturated carbocycles. The van der Waals surface area contributed by atoms with Gasteiger partial charge < -0.3 is 10.1 Å². The summed E-state index contributed by atoms with van der Waals surface area (Å²) < 4.78 is 5.81. The molecular weight excluding hydrogens is 282 g/mol. The molecule has 2 aromatic carbocycles. The van der Waals surface area contributed by atoms with Gasteiger partial charge in [0.05, 0.1) is 13.2 Å². The second-order valence-corrected chi connectivity index (χ2v) is 5.68. The van der Waals surface area contributed by atoms with Gasteiger partial charge in [0.25, 0.3) is 0 Å². The Kier molecular flexibility index (Phi) is 6.24. The number of halogens is 1. The van der Waals surface area contributed by atoms with Crippen LogP contribution in [0, 0.1) is 6.92 Å². The minimum Gasteiger partial charge on any atom is -0.375 e. The average molecular weight is 304 g/mol. The van der Waals surface area contributed by atoms with Gasteiger partial charge in [0.15, 0.2) is 0 Å². The first-order valence-corrected chi connectivity index (χ1v) is 7.61. The average Bonchev–Trinajstić information content (AvgIpc) is 2.51. The van der Waals surface area contributed by atoms with Gasteiger partial charge in [-0.2, -0.15) is 0 Å². The molecule has 2 nitrogen and oxygen atoms in total. The van der Waals surface area contributed by atoms with Gasteiger partial charge in [-0.05, 0) is 43.1 Å². The Morgan fingerprint density at radius 2 is 1.86 bits per heavy atom. The lowest BCUT2D eigenvalue weighted by Gasteiger charge is -2.17. The van der Waals surface area contributed by atoms with Crippen molar-refractivity contribution in [2.75, 3.05) is 13.7 Å². The molecule has 2 aromatic rings. The van der Waals surface area contributed by atoms with Gasteiger partial charge in [0.1, 0.15) is 0 Å². The largest absolute Gasteiger partial charge is 0.375 e. The molecule has 2 rings (SSSR count). The predicted octanol–water partition coefficient (Wildman–Crippen LogP) is 4.00. The number of ether oxygens (including phenoxy) is 1. The van der Waals surface area contributed by atoms with Crippen LogP contribution in [0.2, 0.25) is 5.02 Å². The minimum atomic E-state index is 0.300. The van der Waals surface area contributed by atoms with E-state index in [0.717, 1.165) is 17.0 Å². The molecule has 0 amide bonds. The first kappa shape index (κ1) is 16.0. The Labute approximate surface area is 132 Å². The summed E-state index contributed by atoms with van der Waals surface area (Å²) in [5.41, 5.74) is 3.60. The number of hydrogen-bond donors (Lipinski definition) is 1. The summed E-state index contributed by atoms with van der Waals surface area (Å²) in [6, 6.07) is 16.7. The van der Waals surface area contributed by atoms with Gasteiger partial charge in [0.2, 0.25) is 0 Å². The van der Waals surface area contributed by atoms with Gasteiger partial charge in [-0.3, -0.25) is 0 Å². The zero-order valence-electron chi connectivity index (χ0n) is 12.6. The van der Waals surface area contributed by atoms with E-state index < -0.39 is 0 Å². The fourth-order valence-electron chi connectivity index (χ4n) is 2.26. The van der Waals surface area contributed by atoms with Crippen molar-refractivity contribution in [1.29, 1.82) is 0 Å². The van der Waals surface area contributed by atoms with E-state index in [0.29, 0.717) is 19.3 Å². The molecule has 0 heterocycles. The van der Waals surface area contributed by atoms with E-state index in [1.165, 1.54) is 11.1 Å². The summed E-state index contributed by atoms with van der Waals surface area (Å²) >= 11 is 6.06. The SMILES string of the molecule is CNC(COCc1ccccc1)Cc1ccc(Cl)c(C)c1. The summed E-state index contributed by atoms with van der Waals surface area (Å²) in [6.45, 7) is 3.37. The van der Waals surface area contributed by atoms with Crippen LogP contribution in [0.3, 0.4) is 0 Å². The molecule has 0 saturated heterocycles. The second-order valence-electron chi connectivity index (χ2n) is 5.27. The standard InChI is InChI=1S/C18H22ClNO/c1-14-10-16(8-9-18(14)19)11-17(20-2)13-21-12-15-6-4-3-5-7-15/h3-10,17,20H,11-13H2,1-2H3. The maximum Gasteiger partial charge on any atom is 0.0717 e. The molecule has 1 N–H and O–H groups in total. The Morgan fingerprint density at radius 3 is 2.52 bits per heavy atom. The van der Waals surface area contributed by atoms with Crippen molar-refractivity contribution < 1.29 is 4.74 Å². The van der Waals surface area contributed by atoms with Crippen molar-refractivity contribution in [2.24, 2.45) is 0 Å². The van der Waals surface area contributed by atoms with Crippen LogP contribution >= 0.6 is 11.6 Å². The molecule has 0 radical (unpaired) electrons. The Morgan fingerprint density at radius 1 is 1.10 bits per heavy atom. The Bertz CT molecular complexity index is 556. The molecule has 112 valence electrons. The fourth-order valence-corrected chi connectivity index (χ4v) is 2.37.